The highest BCUT2D eigenvalue weighted by atomic mass is 16.5. The van der Waals surface area contributed by atoms with Crippen molar-refractivity contribution in [3.05, 3.63) is 47.0 Å². The molecule has 2 N–H and O–H groups in total. The molecule has 0 aliphatic heterocycles. The fraction of sp³-hybridized carbons (Fsp3) is 0.375. The van der Waals surface area contributed by atoms with E-state index in [1.807, 2.05) is 32.0 Å². The second-order valence-electron chi connectivity index (χ2n) is 8.46. The number of aryl methyl sites for hydroxylation is 2. The number of methoxy groups -OCH3 is 2. The molecule has 2 amide bonds. The smallest absolute Gasteiger partial charge is 0.340 e. The molecular weight excluding hydrogens is 412 g/mol. The molecule has 0 unspecified atom stereocenters. The summed E-state index contributed by atoms with van der Waals surface area (Å²) in [7, 11) is 2.88. The van der Waals surface area contributed by atoms with Crippen molar-refractivity contribution in [2.45, 2.75) is 34.6 Å². The summed E-state index contributed by atoms with van der Waals surface area (Å²) < 4.78 is 15.7. The van der Waals surface area contributed by atoms with E-state index in [1.165, 1.54) is 26.4 Å². The Morgan fingerprint density at radius 3 is 1.94 bits per heavy atom. The molecular formula is C24H30N2O6. The number of esters is 1. The molecule has 8 nitrogen and oxygen atoms in total. The molecule has 0 fully saturated rings. The maximum Gasteiger partial charge on any atom is 0.340 e. The van der Waals surface area contributed by atoms with Crippen molar-refractivity contribution in [2.75, 3.05) is 31.5 Å². The van der Waals surface area contributed by atoms with E-state index in [9.17, 15) is 14.4 Å². The zero-order valence-corrected chi connectivity index (χ0v) is 19.5. The number of benzene rings is 2. The highest BCUT2D eigenvalue weighted by molar-refractivity contribution is 6.04. The van der Waals surface area contributed by atoms with Crippen LogP contribution in [-0.2, 0) is 14.3 Å². The van der Waals surface area contributed by atoms with Gasteiger partial charge in [-0.15, -0.1) is 0 Å². The number of ether oxygens (including phenoxy) is 3. The molecule has 0 atom stereocenters. The van der Waals surface area contributed by atoms with Crippen molar-refractivity contribution in [1.82, 2.24) is 0 Å². The quantitative estimate of drug-likeness (QED) is 0.626. The average Bonchev–Trinajstić information content (AvgIpc) is 2.70. The van der Waals surface area contributed by atoms with E-state index in [0.717, 1.165) is 11.1 Å². The van der Waals surface area contributed by atoms with Crippen LogP contribution in [0.1, 0.15) is 42.3 Å². The number of carbonyl (C=O) groups excluding carboxylic acids is 3. The number of nitrogens with one attached hydrogen (secondary N) is 2. The summed E-state index contributed by atoms with van der Waals surface area (Å²) in [5, 5.41) is 5.43. The zero-order chi connectivity index (χ0) is 24.1. The fourth-order valence-corrected chi connectivity index (χ4v) is 2.91. The van der Waals surface area contributed by atoms with Crippen LogP contribution in [0.5, 0.6) is 11.5 Å². The van der Waals surface area contributed by atoms with Gasteiger partial charge in [0, 0.05) is 23.2 Å². The minimum absolute atomic E-state index is 0.0412. The molecule has 172 valence electrons. The Morgan fingerprint density at radius 2 is 1.41 bits per heavy atom. The van der Waals surface area contributed by atoms with Crippen molar-refractivity contribution < 1.29 is 28.6 Å². The number of amides is 2. The number of anilines is 2. The number of hydrogen-bond donors (Lipinski definition) is 2. The zero-order valence-electron chi connectivity index (χ0n) is 19.5. The van der Waals surface area contributed by atoms with E-state index in [-0.39, 0.29) is 22.9 Å². The van der Waals surface area contributed by atoms with Crippen molar-refractivity contribution in [1.29, 1.82) is 0 Å². The minimum atomic E-state index is -0.786. The predicted octanol–water partition coefficient (Wildman–Crippen LogP) is 4.10. The third-order valence-corrected chi connectivity index (χ3v) is 4.51. The van der Waals surface area contributed by atoms with Crippen LogP contribution in [0.25, 0.3) is 0 Å². The average molecular weight is 443 g/mol. The molecule has 0 spiro atoms. The maximum atomic E-state index is 12.8. The molecule has 0 saturated carbocycles. The van der Waals surface area contributed by atoms with Gasteiger partial charge in [-0.1, -0.05) is 26.8 Å². The van der Waals surface area contributed by atoms with Crippen LogP contribution in [0.2, 0.25) is 0 Å². The van der Waals surface area contributed by atoms with Gasteiger partial charge in [0.15, 0.2) is 18.1 Å². The van der Waals surface area contributed by atoms with Crippen LogP contribution in [0, 0.1) is 19.3 Å². The van der Waals surface area contributed by atoms with Crippen LogP contribution in [0.15, 0.2) is 30.3 Å². The topological polar surface area (TPSA) is 103 Å². The first-order valence-corrected chi connectivity index (χ1v) is 10.1. The summed E-state index contributed by atoms with van der Waals surface area (Å²) in [6, 6.07) is 8.51. The highest BCUT2D eigenvalue weighted by Gasteiger charge is 2.25. The predicted molar refractivity (Wildman–Crippen MR) is 122 cm³/mol. The van der Waals surface area contributed by atoms with Gasteiger partial charge in [0.2, 0.25) is 5.91 Å². The van der Waals surface area contributed by atoms with Crippen molar-refractivity contribution >= 4 is 29.2 Å². The Hall–Kier alpha value is -3.55. The van der Waals surface area contributed by atoms with E-state index in [4.69, 9.17) is 14.2 Å². The normalized spacial score (nSPS) is 10.8. The monoisotopic (exact) mass is 442 g/mol. The standard InChI is InChI=1S/C24H30N2O6/c1-14-8-15(2)10-16(9-14)25-21(27)13-32-22(28)17-11-19(30-6)20(31-7)12-18(17)26-23(29)24(3,4)5/h8-12H,13H2,1-7H3,(H,25,27)(H,26,29). The van der Waals surface area contributed by atoms with E-state index in [2.05, 4.69) is 10.6 Å². The van der Waals surface area contributed by atoms with Crippen LogP contribution in [0.4, 0.5) is 11.4 Å². The Bertz CT molecular complexity index is 1000. The van der Waals surface area contributed by atoms with Crippen molar-refractivity contribution in [3.63, 3.8) is 0 Å². The second kappa shape index (κ2) is 10.2. The molecule has 0 heterocycles. The number of hydrogen-bond acceptors (Lipinski definition) is 6. The SMILES string of the molecule is COc1cc(NC(=O)C(C)(C)C)c(C(=O)OCC(=O)Nc2cc(C)cc(C)c2)cc1OC. The third-order valence-electron chi connectivity index (χ3n) is 4.51. The van der Waals surface area contributed by atoms with Crippen LogP contribution in [-0.4, -0.2) is 38.6 Å². The lowest BCUT2D eigenvalue weighted by molar-refractivity contribution is -0.123. The van der Waals surface area contributed by atoms with Gasteiger partial charge in [0.1, 0.15) is 0 Å². The van der Waals surface area contributed by atoms with Crippen LogP contribution < -0.4 is 20.1 Å². The molecule has 2 rings (SSSR count). The molecule has 2 aromatic carbocycles. The lowest BCUT2D eigenvalue weighted by Gasteiger charge is -2.20. The molecule has 32 heavy (non-hydrogen) atoms. The van der Waals surface area contributed by atoms with Gasteiger partial charge >= 0.3 is 5.97 Å². The molecule has 0 aromatic heterocycles. The fourth-order valence-electron chi connectivity index (χ4n) is 2.91. The molecule has 0 radical (unpaired) electrons. The van der Waals surface area contributed by atoms with Gasteiger partial charge < -0.3 is 24.8 Å². The molecule has 0 bridgehead atoms. The molecule has 0 saturated heterocycles. The number of rotatable bonds is 7. The first-order valence-electron chi connectivity index (χ1n) is 10.1. The molecule has 0 aliphatic carbocycles. The summed E-state index contributed by atoms with van der Waals surface area (Å²) >= 11 is 0. The molecule has 2 aromatic rings. The Labute approximate surface area is 188 Å². The van der Waals surface area contributed by atoms with Gasteiger partial charge in [0.25, 0.3) is 5.91 Å². The van der Waals surface area contributed by atoms with Crippen molar-refractivity contribution in [3.8, 4) is 11.5 Å². The van der Waals surface area contributed by atoms with Gasteiger partial charge in [-0.2, -0.15) is 0 Å². The molecule has 0 aliphatic rings. The van der Waals surface area contributed by atoms with Gasteiger partial charge in [-0.05, 0) is 37.1 Å². The summed E-state index contributed by atoms with van der Waals surface area (Å²) in [5.74, 6) is -0.949. The van der Waals surface area contributed by atoms with E-state index in [0.29, 0.717) is 11.4 Å². The summed E-state index contributed by atoms with van der Waals surface area (Å²) in [5.41, 5.74) is 2.17. The van der Waals surface area contributed by atoms with E-state index in [1.54, 1.807) is 20.8 Å². The van der Waals surface area contributed by atoms with Crippen LogP contribution in [0.3, 0.4) is 0 Å². The van der Waals surface area contributed by atoms with Crippen LogP contribution >= 0.6 is 0 Å². The van der Waals surface area contributed by atoms with Gasteiger partial charge in [-0.3, -0.25) is 9.59 Å². The Kier molecular flexibility index (Phi) is 7.86. The summed E-state index contributed by atoms with van der Waals surface area (Å²) in [6.45, 7) is 8.60. The van der Waals surface area contributed by atoms with Crippen molar-refractivity contribution in [2.24, 2.45) is 5.41 Å². The second-order valence-corrected chi connectivity index (χ2v) is 8.46. The van der Waals surface area contributed by atoms with Gasteiger partial charge in [-0.25, -0.2) is 4.79 Å². The first-order chi connectivity index (χ1) is 14.9. The van der Waals surface area contributed by atoms with E-state index < -0.39 is 23.9 Å². The van der Waals surface area contributed by atoms with Gasteiger partial charge in [0.05, 0.1) is 25.5 Å². The first kappa shape index (κ1) is 24.7. The lowest BCUT2D eigenvalue weighted by Crippen LogP contribution is -2.29. The number of carbonyl (C=O) groups is 3. The third kappa shape index (κ3) is 6.47. The summed E-state index contributed by atoms with van der Waals surface area (Å²) in [4.78, 5) is 37.6. The summed E-state index contributed by atoms with van der Waals surface area (Å²) in [6.07, 6.45) is 0. The minimum Gasteiger partial charge on any atom is -0.493 e. The highest BCUT2D eigenvalue weighted by Crippen LogP contribution is 2.34. The molecule has 8 heteroatoms. The van der Waals surface area contributed by atoms with E-state index >= 15 is 0 Å². The largest absolute Gasteiger partial charge is 0.493 e. The Morgan fingerprint density at radius 1 is 0.844 bits per heavy atom. The lowest BCUT2D eigenvalue weighted by atomic mass is 9.95. The Balaban J connectivity index is 2.21. The maximum absolute atomic E-state index is 12.8.